The fourth-order valence-corrected chi connectivity index (χ4v) is 3.94. The first kappa shape index (κ1) is 20.1. The van der Waals surface area contributed by atoms with Crippen LogP contribution in [0.1, 0.15) is 18.2 Å². The number of aryl methyl sites for hydroxylation is 1. The molecule has 7 nitrogen and oxygen atoms in total. The number of rotatable bonds is 6. The van der Waals surface area contributed by atoms with Crippen LogP contribution >= 0.6 is 0 Å². The topological polar surface area (TPSA) is 79.9 Å². The number of carbonyl (C=O) groups is 2. The lowest BCUT2D eigenvalue weighted by molar-refractivity contribution is -0.895. The highest BCUT2D eigenvalue weighted by Crippen LogP contribution is 2.18. The molecule has 0 radical (unpaired) electrons. The van der Waals surface area contributed by atoms with Crippen molar-refractivity contribution < 1.29 is 19.0 Å². The van der Waals surface area contributed by atoms with Crippen LogP contribution in [0.25, 0.3) is 11.0 Å². The first-order chi connectivity index (χ1) is 14.6. The zero-order valence-corrected chi connectivity index (χ0v) is 17.2. The van der Waals surface area contributed by atoms with Crippen LogP contribution < -0.4 is 10.2 Å². The molecule has 2 N–H and O–H groups in total. The Balaban J connectivity index is 1.27. The number of anilines is 1. The second-order valence-corrected chi connectivity index (χ2v) is 7.67. The van der Waals surface area contributed by atoms with Crippen LogP contribution in [0.4, 0.5) is 5.69 Å². The Labute approximate surface area is 175 Å². The third-order valence-electron chi connectivity index (χ3n) is 5.68. The predicted molar refractivity (Wildman–Crippen MR) is 114 cm³/mol. The summed E-state index contributed by atoms with van der Waals surface area (Å²) >= 11 is 0. The molecule has 0 unspecified atom stereocenters. The van der Waals surface area contributed by atoms with E-state index in [2.05, 4.69) is 17.4 Å². The summed E-state index contributed by atoms with van der Waals surface area (Å²) in [7, 11) is 0. The number of fused-ring (bicyclic) bond motifs is 1. The van der Waals surface area contributed by atoms with E-state index in [4.69, 9.17) is 4.52 Å². The molecule has 156 valence electrons. The SMILES string of the molecule is CCc1ccccc1NC(=O)C[NH+]1CCN(C(=O)Cc2noc3ccccc23)CC1. The number of hydrogen-bond acceptors (Lipinski definition) is 4. The molecule has 1 fully saturated rings. The number of nitrogens with zero attached hydrogens (tertiary/aromatic N) is 2. The highest BCUT2D eigenvalue weighted by atomic mass is 16.5. The summed E-state index contributed by atoms with van der Waals surface area (Å²) in [4.78, 5) is 28.2. The van der Waals surface area contributed by atoms with Crippen molar-refractivity contribution in [1.29, 1.82) is 0 Å². The molecule has 30 heavy (non-hydrogen) atoms. The van der Waals surface area contributed by atoms with Gasteiger partial charge in [0.1, 0.15) is 5.69 Å². The number of carbonyl (C=O) groups excluding carboxylic acids is 2. The third kappa shape index (κ3) is 4.52. The van der Waals surface area contributed by atoms with Gasteiger partial charge in [-0.3, -0.25) is 9.59 Å². The van der Waals surface area contributed by atoms with Crippen molar-refractivity contribution in [3.63, 3.8) is 0 Å². The molecule has 0 spiro atoms. The van der Waals surface area contributed by atoms with Gasteiger partial charge >= 0.3 is 0 Å². The quantitative estimate of drug-likeness (QED) is 0.646. The molecular weight excluding hydrogens is 380 g/mol. The van der Waals surface area contributed by atoms with E-state index in [0.717, 1.165) is 36.1 Å². The number of para-hydroxylation sites is 2. The molecular formula is C23H27N4O3+. The molecule has 7 heteroatoms. The van der Waals surface area contributed by atoms with Gasteiger partial charge in [-0.05, 0) is 30.2 Å². The van der Waals surface area contributed by atoms with Gasteiger partial charge in [-0.15, -0.1) is 0 Å². The van der Waals surface area contributed by atoms with E-state index in [1.54, 1.807) is 0 Å². The molecule has 2 heterocycles. The Bertz CT molecular complexity index is 1040. The first-order valence-corrected chi connectivity index (χ1v) is 10.5. The maximum atomic E-state index is 12.7. The van der Waals surface area contributed by atoms with Crippen molar-refractivity contribution in [3.05, 3.63) is 59.8 Å². The molecule has 3 aromatic rings. The molecule has 2 aromatic carbocycles. The third-order valence-corrected chi connectivity index (χ3v) is 5.68. The smallest absolute Gasteiger partial charge is 0.279 e. The van der Waals surface area contributed by atoms with Crippen LogP contribution in [-0.2, 0) is 22.4 Å². The Morgan fingerprint density at radius 1 is 1.10 bits per heavy atom. The normalized spacial score (nSPS) is 14.8. The van der Waals surface area contributed by atoms with Crippen molar-refractivity contribution >= 4 is 28.5 Å². The summed E-state index contributed by atoms with van der Waals surface area (Å²) in [5.41, 5.74) is 3.40. The minimum absolute atomic E-state index is 0.0137. The van der Waals surface area contributed by atoms with Gasteiger partial charge < -0.3 is 19.6 Å². The van der Waals surface area contributed by atoms with Gasteiger partial charge in [0, 0.05) is 11.1 Å². The minimum Gasteiger partial charge on any atom is -0.356 e. The minimum atomic E-state index is 0.0137. The molecule has 0 bridgehead atoms. The molecule has 0 atom stereocenters. The van der Waals surface area contributed by atoms with Crippen LogP contribution in [0.15, 0.2) is 53.1 Å². The largest absolute Gasteiger partial charge is 0.356 e. The highest BCUT2D eigenvalue weighted by Gasteiger charge is 2.26. The van der Waals surface area contributed by atoms with Gasteiger partial charge in [-0.1, -0.05) is 42.4 Å². The van der Waals surface area contributed by atoms with Crippen LogP contribution in [-0.4, -0.2) is 54.6 Å². The van der Waals surface area contributed by atoms with Gasteiger partial charge in [0.15, 0.2) is 12.1 Å². The van der Waals surface area contributed by atoms with E-state index in [1.165, 1.54) is 4.90 Å². The Hall–Kier alpha value is -3.19. The standard InChI is InChI=1S/C23H26N4O3/c1-2-17-7-3-5-9-19(17)24-22(28)16-26-11-13-27(14-12-26)23(29)15-20-18-8-4-6-10-21(18)30-25-20/h3-10H,2,11-16H2,1H3,(H,24,28)/p+1. The molecule has 1 saturated heterocycles. The molecule has 1 aliphatic rings. The van der Waals surface area contributed by atoms with Gasteiger partial charge in [0.2, 0.25) is 5.91 Å². The number of aromatic nitrogens is 1. The monoisotopic (exact) mass is 407 g/mol. The number of benzene rings is 2. The molecule has 1 aliphatic heterocycles. The highest BCUT2D eigenvalue weighted by molar-refractivity contribution is 5.92. The van der Waals surface area contributed by atoms with Crippen molar-refractivity contribution in [2.45, 2.75) is 19.8 Å². The summed E-state index contributed by atoms with van der Waals surface area (Å²) in [6.07, 6.45) is 1.12. The van der Waals surface area contributed by atoms with E-state index < -0.39 is 0 Å². The Morgan fingerprint density at radius 2 is 1.83 bits per heavy atom. The lowest BCUT2D eigenvalue weighted by Crippen LogP contribution is -3.15. The summed E-state index contributed by atoms with van der Waals surface area (Å²) in [5, 5.41) is 7.98. The zero-order valence-electron chi connectivity index (χ0n) is 17.2. The number of hydrogen-bond donors (Lipinski definition) is 2. The maximum absolute atomic E-state index is 12.7. The number of nitrogens with one attached hydrogen (secondary N) is 2. The molecule has 2 amide bonds. The molecule has 0 aliphatic carbocycles. The Kier molecular flexibility index (Phi) is 6.09. The van der Waals surface area contributed by atoms with Crippen molar-refractivity contribution in [1.82, 2.24) is 10.1 Å². The van der Waals surface area contributed by atoms with Crippen LogP contribution in [0, 0.1) is 0 Å². The van der Waals surface area contributed by atoms with Gasteiger partial charge in [0.05, 0.1) is 32.6 Å². The molecule has 0 saturated carbocycles. The maximum Gasteiger partial charge on any atom is 0.279 e. The summed E-state index contributed by atoms with van der Waals surface area (Å²) in [6.45, 7) is 5.29. The summed E-state index contributed by atoms with van der Waals surface area (Å²) in [6, 6.07) is 15.5. The fraction of sp³-hybridized carbons (Fsp3) is 0.348. The second kappa shape index (κ2) is 9.09. The lowest BCUT2D eigenvalue weighted by Gasteiger charge is -2.31. The van der Waals surface area contributed by atoms with Crippen molar-refractivity contribution in [3.8, 4) is 0 Å². The number of piperazine rings is 1. The van der Waals surface area contributed by atoms with Crippen LogP contribution in [0.2, 0.25) is 0 Å². The summed E-state index contributed by atoms with van der Waals surface area (Å²) in [5.74, 6) is 0.0640. The van der Waals surface area contributed by atoms with Crippen molar-refractivity contribution in [2.75, 3.05) is 38.0 Å². The first-order valence-electron chi connectivity index (χ1n) is 10.5. The fourth-order valence-electron chi connectivity index (χ4n) is 3.94. The van der Waals surface area contributed by atoms with E-state index in [-0.39, 0.29) is 18.2 Å². The van der Waals surface area contributed by atoms with Gasteiger partial charge in [-0.2, -0.15) is 0 Å². The van der Waals surface area contributed by atoms with E-state index in [0.29, 0.717) is 30.9 Å². The zero-order chi connectivity index (χ0) is 20.9. The lowest BCUT2D eigenvalue weighted by atomic mass is 10.1. The van der Waals surface area contributed by atoms with Gasteiger partial charge in [0.25, 0.3) is 5.91 Å². The predicted octanol–water partition coefficient (Wildman–Crippen LogP) is 1.30. The average molecular weight is 407 g/mol. The molecule has 4 rings (SSSR count). The Morgan fingerprint density at radius 3 is 2.63 bits per heavy atom. The van der Waals surface area contributed by atoms with E-state index in [9.17, 15) is 9.59 Å². The van der Waals surface area contributed by atoms with E-state index >= 15 is 0 Å². The average Bonchev–Trinajstić information content (AvgIpc) is 3.17. The number of amides is 2. The van der Waals surface area contributed by atoms with Gasteiger partial charge in [-0.25, -0.2) is 0 Å². The number of quaternary nitrogens is 1. The molecule has 1 aromatic heterocycles. The van der Waals surface area contributed by atoms with E-state index in [1.807, 2.05) is 53.4 Å². The van der Waals surface area contributed by atoms with Crippen LogP contribution in [0.3, 0.4) is 0 Å². The van der Waals surface area contributed by atoms with Crippen molar-refractivity contribution in [2.24, 2.45) is 0 Å². The summed E-state index contributed by atoms with van der Waals surface area (Å²) < 4.78 is 5.29. The second-order valence-electron chi connectivity index (χ2n) is 7.67. The van der Waals surface area contributed by atoms with Crippen LogP contribution in [0.5, 0.6) is 0 Å².